The van der Waals surface area contributed by atoms with E-state index in [0.29, 0.717) is 43.6 Å². The second-order valence-corrected chi connectivity index (χ2v) is 11.8. The molecule has 238 valence electrons. The highest BCUT2D eigenvalue weighted by molar-refractivity contribution is 5.35. The van der Waals surface area contributed by atoms with Crippen LogP contribution in [-0.2, 0) is 42.8 Å². The number of alkyl halides is 3. The maximum atomic E-state index is 15.0. The van der Waals surface area contributed by atoms with Gasteiger partial charge in [-0.05, 0) is 48.2 Å². The number of nitriles is 1. The van der Waals surface area contributed by atoms with Crippen LogP contribution in [-0.4, -0.2) is 27.1 Å². The van der Waals surface area contributed by atoms with Crippen LogP contribution in [0.3, 0.4) is 0 Å². The predicted octanol–water partition coefficient (Wildman–Crippen LogP) is 4.81. The number of hydrogen-bond acceptors (Lipinski definition) is 6. The van der Waals surface area contributed by atoms with E-state index >= 15 is 4.39 Å². The smallest absolute Gasteiger partial charge is 0.364 e. The Kier molecular flexibility index (Phi) is 8.41. The highest BCUT2D eigenvalue weighted by atomic mass is 19.4. The minimum atomic E-state index is -4.87. The molecule has 1 spiro atoms. The van der Waals surface area contributed by atoms with Crippen molar-refractivity contribution >= 4 is 0 Å². The van der Waals surface area contributed by atoms with Gasteiger partial charge in [0.1, 0.15) is 11.4 Å². The van der Waals surface area contributed by atoms with Gasteiger partial charge in [0.05, 0.1) is 48.1 Å². The number of hydrogen-bond donors (Lipinski definition) is 1. The lowest BCUT2D eigenvalue weighted by molar-refractivity contribution is -0.138. The SMILES string of the molecule is N#Cc1ccc(CN2CCC3(CC2)OCc2c3c(=O)n(C[C@H](N)c3ccccc3)c(=O)n2Cc2c(F)cccc2C(F)(F)F)cc1. The van der Waals surface area contributed by atoms with Crippen molar-refractivity contribution in [2.24, 2.45) is 5.73 Å². The molecule has 0 bridgehead atoms. The van der Waals surface area contributed by atoms with Crippen molar-refractivity contribution in [3.63, 3.8) is 0 Å². The van der Waals surface area contributed by atoms with E-state index in [9.17, 15) is 22.8 Å². The van der Waals surface area contributed by atoms with Gasteiger partial charge in [-0.3, -0.25) is 18.8 Å². The summed E-state index contributed by atoms with van der Waals surface area (Å²) in [5, 5.41) is 9.08. The quantitative estimate of drug-likeness (QED) is 0.293. The van der Waals surface area contributed by atoms with E-state index in [1.165, 1.54) is 0 Å². The van der Waals surface area contributed by atoms with Crippen LogP contribution in [0.4, 0.5) is 17.6 Å². The molecule has 0 unspecified atom stereocenters. The summed E-state index contributed by atoms with van der Waals surface area (Å²) in [6.45, 7) is 0.516. The van der Waals surface area contributed by atoms with Crippen LogP contribution < -0.4 is 17.0 Å². The Labute approximate surface area is 261 Å². The lowest BCUT2D eigenvalue weighted by Crippen LogP contribution is -2.49. The summed E-state index contributed by atoms with van der Waals surface area (Å²) < 4.78 is 65.2. The number of benzene rings is 3. The van der Waals surface area contributed by atoms with Gasteiger partial charge in [0.15, 0.2) is 0 Å². The Hall–Kier alpha value is -4.57. The van der Waals surface area contributed by atoms with Crippen molar-refractivity contribution in [2.75, 3.05) is 13.1 Å². The average Bonchev–Trinajstić information content (AvgIpc) is 3.41. The minimum Gasteiger partial charge on any atom is -0.364 e. The zero-order valence-corrected chi connectivity index (χ0v) is 24.8. The van der Waals surface area contributed by atoms with Crippen LogP contribution in [0.25, 0.3) is 0 Å². The van der Waals surface area contributed by atoms with Crippen molar-refractivity contribution in [3.8, 4) is 6.07 Å². The molecule has 4 aromatic rings. The maximum Gasteiger partial charge on any atom is 0.416 e. The number of nitrogens with zero attached hydrogens (tertiary/aromatic N) is 4. The molecule has 1 fully saturated rings. The largest absolute Gasteiger partial charge is 0.416 e. The van der Waals surface area contributed by atoms with E-state index in [0.717, 1.165) is 32.9 Å². The third-order valence-electron chi connectivity index (χ3n) is 8.98. The molecule has 46 heavy (non-hydrogen) atoms. The lowest BCUT2D eigenvalue weighted by atomic mass is 9.85. The Morgan fingerprint density at radius 1 is 0.935 bits per heavy atom. The van der Waals surface area contributed by atoms with Crippen LogP contribution in [0.1, 0.15) is 58.0 Å². The second kappa shape index (κ2) is 12.3. The van der Waals surface area contributed by atoms with E-state index in [1.54, 1.807) is 42.5 Å². The molecule has 2 aliphatic heterocycles. The summed E-state index contributed by atoms with van der Waals surface area (Å²) >= 11 is 0. The first-order chi connectivity index (χ1) is 22.0. The van der Waals surface area contributed by atoms with Gasteiger partial charge in [0.2, 0.25) is 0 Å². The van der Waals surface area contributed by atoms with Crippen molar-refractivity contribution in [3.05, 3.63) is 139 Å². The summed E-state index contributed by atoms with van der Waals surface area (Å²) in [6.07, 6.45) is -4.09. The van der Waals surface area contributed by atoms with Crippen LogP contribution in [0.2, 0.25) is 0 Å². The van der Waals surface area contributed by atoms with Crippen LogP contribution in [0.15, 0.2) is 82.4 Å². The molecular formula is C34H31F4N5O3. The Morgan fingerprint density at radius 2 is 1.63 bits per heavy atom. The van der Waals surface area contributed by atoms with Gasteiger partial charge in [0, 0.05) is 31.2 Å². The second-order valence-electron chi connectivity index (χ2n) is 11.8. The number of fused-ring (bicyclic) bond motifs is 2. The van der Waals surface area contributed by atoms with Gasteiger partial charge >= 0.3 is 11.9 Å². The van der Waals surface area contributed by atoms with Gasteiger partial charge in [-0.15, -0.1) is 0 Å². The lowest BCUT2D eigenvalue weighted by Gasteiger charge is -2.39. The first kappa shape index (κ1) is 31.4. The standard InChI is InChI=1S/C34H31F4N5O3/c35-27-8-4-7-26(34(36,37)38)25(27)19-42-29-21-46-33(13-15-41(16-14-33)18-23-11-9-22(17-39)10-12-23)30(29)31(44)43(32(42)45)20-28(40)24-5-2-1-3-6-24/h1-12,28H,13-16,18-21,40H2/t28-/m0/s1. The summed E-state index contributed by atoms with van der Waals surface area (Å²) in [6, 6.07) is 20.1. The van der Waals surface area contributed by atoms with E-state index in [2.05, 4.69) is 11.0 Å². The molecule has 3 aromatic carbocycles. The van der Waals surface area contributed by atoms with Gasteiger partial charge in [-0.25, -0.2) is 9.18 Å². The van der Waals surface area contributed by atoms with Crippen molar-refractivity contribution in [1.29, 1.82) is 5.26 Å². The Balaban J connectivity index is 1.40. The first-order valence-corrected chi connectivity index (χ1v) is 14.9. The number of nitrogens with two attached hydrogens (primary N) is 1. The molecule has 0 amide bonds. The minimum absolute atomic E-state index is 0.149. The molecule has 0 radical (unpaired) electrons. The van der Waals surface area contributed by atoms with Crippen molar-refractivity contribution < 1.29 is 22.3 Å². The van der Waals surface area contributed by atoms with Gasteiger partial charge in [-0.2, -0.15) is 18.4 Å². The monoisotopic (exact) mass is 633 g/mol. The van der Waals surface area contributed by atoms with E-state index in [4.69, 9.17) is 15.7 Å². The van der Waals surface area contributed by atoms with Crippen LogP contribution in [0.5, 0.6) is 0 Å². The topological polar surface area (TPSA) is 106 Å². The molecule has 1 saturated heterocycles. The molecule has 8 nitrogen and oxygen atoms in total. The molecule has 0 saturated carbocycles. The van der Waals surface area contributed by atoms with Gasteiger partial charge < -0.3 is 10.5 Å². The molecule has 1 atom stereocenters. The zero-order valence-electron chi connectivity index (χ0n) is 24.8. The predicted molar refractivity (Wildman–Crippen MR) is 161 cm³/mol. The summed E-state index contributed by atoms with van der Waals surface area (Å²) in [5.74, 6) is -1.11. The highest BCUT2D eigenvalue weighted by Gasteiger charge is 2.47. The van der Waals surface area contributed by atoms with E-state index in [1.807, 2.05) is 12.1 Å². The molecule has 6 rings (SSSR count). The molecule has 2 aliphatic rings. The molecule has 2 N–H and O–H groups in total. The fourth-order valence-corrected chi connectivity index (χ4v) is 6.51. The Morgan fingerprint density at radius 3 is 2.28 bits per heavy atom. The molecule has 12 heteroatoms. The number of aromatic nitrogens is 2. The number of rotatable bonds is 7. The summed E-state index contributed by atoms with van der Waals surface area (Å²) in [5.41, 5.74) is 4.55. The fourth-order valence-electron chi connectivity index (χ4n) is 6.51. The van der Waals surface area contributed by atoms with Gasteiger partial charge in [-0.1, -0.05) is 48.5 Å². The molecular weight excluding hydrogens is 602 g/mol. The number of ether oxygens (including phenoxy) is 1. The zero-order chi connectivity index (χ0) is 32.6. The number of halogens is 4. The number of piperidine rings is 1. The third kappa shape index (κ3) is 5.89. The van der Waals surface area contributed by atoms with Crippen molar-refractivity contribution in [2.45, 2.75) is 56.9 Å². The summed E-state index contributed by atoms with van der Waals surface area (Å²) in [7, 11) is 0. The highest BCUT2D eigenvalue weighted by Crippen LogP contribution is 2.43. The Bertz CT molecular complexity index is 1910. The van der Waals surface area contributed by atoms with Crippen molar-refractivity contribution in [1.82, 2.24) is 14.0 Å². The average molecular weight is 634 g/mol. The van der Waals surface area contributed by atoms with Crippen LogP contribution in [0, 0.1) is 17.1 Å². The number of likely N-dealkylation sites (tertiary alicyclic amines) is 1. The normalized spacial score (nSPS) is 16.7. The molecule has 0 aliphatic carbocycles. The first-order valence-electron chi connectivity index (χ1n) is 14.9. The third-order valence-corrected chi connectivity index (χ3v) is 8.98. The summed E-state index contributed by atoms with van der Waals surface area (Å²) in [4.78, 5) is 30.3. The molecule has 1 aromatic heterocycles. The van der Waals surface area contributed by atoms with Gasteiger partial charge in [0.25, 0.3) is 5.56 Å². The fraction of sp³-hybridized carbons (Fsp3) is 0.324. The van der Waals surface area contributed by atoms with Crippen LogP contribution >= 0.6 is 0 Å². The van der Waals surface area contributed by atoms with E-state index < -0.39 is 52.6 Å². The van der Waals surface area contributed by atoms with E-state index in [-0.39, 0.29) is 24.4 Å². The maximum absolute atomic E-state index is 15.0. The molecule has 3 heterocycles.